The summed E-state index contributed by atoms with van der Waals surface area (Å²) in [5.74, 6) is -0.972. The molecule has 110 valence electrons. The SMILES string of the molecule is COC(=O)[C@@H](NC(=O)c1ccccc1)[C@@H]1CC=C(C=O)C1. The van der Waals surface area contributed by atoms with Crippen molar-refractivity contribution in [2.24, 2.45) is 5.92 Å². The second-order valence-corrected chi connectivity index (χ2v) is 4.94. The first-order valence-corrected chi connectivity index (χ1v) is 6.73. The van der Waals surface area contributed by atoms with E-state index in [2.05, 4.69) is 5.32 Å². The number of carbonyl (C=O) groups excluding carboxylic acids is 3. The Morgan fingerprint density at radius 1 is 1.33 bits per heavy atom. The smallest absolute Gasteiger partial charge is 0.328 e. The summed E-state index contributed by atoms with van der Waals surface area (Å²) in [7, 11) is 1.28. The highest BCUT2D eigenvalue weighted by molar-refractivity contribution is 5.96. The molecule has 1 amide bonds. The van der Waals surface area contributed by atoms with Crippen molar-refractivity contribution in [3.8, 4) is 0 Å². The maximum atomic E-state index is 12.2. The number of allylic oxidation sites excluding steroid dienone is 2. The van der Waals surface area contributed by atoms with Crippen molar-refractivity contribution in [2.45, 2.75) is 18.9 Å². The maximum absolute atomic E-state index is 12.2. The summed E-state index contributed by atoms with van der Waals surface area (Å²) in [4.78, 5) is 34.9. The van der Waals surface area contributed by atoms with E-state index in [1.807, 2.05) is 6.07 Å². The number of rotatable bonds is 5. The maximum Gasteiger partial charge on any atom is 0.328 e. The fourth-order valence-electron chi connectivity index (χ4n) is 2.43. The largest absolute Gasteiger partial charge is 0.467 e. The first-order chi connectivity index (χ1) is 10.2. The molecule has 0 aliphatic heterocycles. The molecular weight excluding hydrogens is 270 g/mol. The fourth-order valence-corrected chi connectivity index (χ4v) is 2.43. The topological polar surface area (TPSA) is 72.5 Å². The van der Waals surface area contributed by atoms with Gasteiger partial charge in [0.2, 0.25) is 0 Å². The highest BCUT2D eigenvalue weighted by Crippen LogP contribution is 2.27. The van der Waals surface area contributed by atoms with Crippen LogP contribution in [0.3, 0.4) is 0 Å². The molecule has 0 saturated carbocycles. The Bertz CT molecular complexity index is 565. The third-order valence-electron chi connectivity index (χ3n) is 3.58. The summed E-state index contributed by atoms with van der Waals surface area (Å²) in [5.41, 5.74) is 1.14. The van der Waals surface area contributed by atoms with Crippen molar-refractivity contribution in [3.05, 3.63) is 47.5 Å². The third kappa shape index (κ3) is 3.56. The van der Waals surface area contributed by atoms with Gasteiger partial charge in [0.05, 0.1) is 7.11 Å². The molecule has 2 rings (SSSR count). The second-order valence-electron chi connectivity index (χ2n) is 4.94. The molecule has 1 N–H and O–H groups in total. The van der Waals surface area contributed by atoms with Gasteiger partial charge in [0.25, 0.3) is 5.91 Å². The molecule has 0 saturated heterocycles. The molecule has 1 aromatic carbocycles. The van der Waals surface area contributed by atoms with Crippen molar-refractivity contribution in [3.63, 3.8) is 0 Å². The van der Waals surface area contributed by atoms with Crippen LogP contribution in [0.15, 0.2) is 42.0 Å². The van der Waals surface area contributed by atoms with E-state index in [1.165, 1.54) is 7.11 Å². The van der Waals surface area contributed by atoms with Crippen molar-refractivity contribution < 1.29 is 19.1 Å². The highest BCUT2D eigenvalue weighted by Gasteiger charge is 2.33. The zero-order chi connectivity index (χ0) is 15.2. The molecule has 1 aliphatic rings. The summed E-state index contributed by atoms with van der Waals surface area (Å²) < 4.78 is 4.77. The van der Waals surface area contributed by atoms with E-state index in [9.17, 15) is 14.4 Å². The Morgan fingerprint density at radius 3 is 2.62 bits per heavy atom. The molecule has 5 nitrogen and oxygen atoms in total. The van der Waals surface area contributed by atoms with Crippen LogP contribution in [0.1, 0.15) is 23.2 Å². The normalized spacial score (nSPS) is 18.5. The van der Waals surface area contributed by atoms with Gasteiger partial charge >= 0.3 is 5.97 Å². The highest BCUT2D eigenvalue weighted by atomic mass is 16.5. The van der Waals surface area contributed by atoms with Gasteiger partial charge in [-0.05, 0) is 36.5 Å². The van der Waals surface area contributed by atoms with Crippen molar-refractivity contribution >= 4 is 18.2 Å². The molecule has 0 heterocycles. The van der Waals surface area contributed by atoms with Crippen molar-refractivity contribution in [1.29, 1.82) is 0 Å². The van der Waals surface area contributed by atoms with Crippen LogP contribution in [0.4, 0.5) is 0 Å². The fraction of sp³-hybridized carbons (Fsp3) is 0.312. The summed E-state index contributed by atoms with van der Waals surface area (Å²) in [6.45, 7) is 0. The minimum atomic E-state index is -0.753. The lowest BCUT2D eigenvalue weighted by atomic mass is 9.95. The van der Waals surface area contributed by atoms with E-state index in [1.54, 1.807) is 30.3 Å². The Kier molecular flexibility index (Phi) is 4.87. The van der Waals surface area contributed by atoms with Gasteiger partial charge in [-0.1, -0.05) is 24.3 Å². The van der Waals surface area contributed by atoms with Gasteiger partial charge in [0.15, 0.2) is 0 Å². The van der Waals surface area contributed by atoms with E-state index < -0.39 is 12.0 Å². The minimum Gasteiger partial charge on any atom is -0.467 e. The molecule has 0 aromatic heterocycles. The van der Waals surface area contributed by atoms with Crippen LogP contribution in [-0.4, -0.2) is 31.3 Å². The number of nitrogens with one attached hydrogen (secondary N) is 1. The number of amides is 1. The van der Waals surface area contributed by atoms with Crippen LogP contribution >= 0.6 is 0 Å². The van der Waals surface area contributed by atoms with Gasteiger partial charge in [-0.25, -0.2) is 4.79 Å². The summed E-state index contributed by atoms with van der Waals surface area (Å²) in [6, 6.07) is 7.91. The zero-order valence-corrected chi connectivity index (χ0v) is 11.7. The minimum absolute atomic E-state index is 0.148. The average molecular weight is 287 g/mol. The van der Waals surface area contributed by atoms with Gasteiger partial charge in [-0.3, -0.25) is 9.59 Å². The van der Waals surface area contributed by atoms with Crippen molar-refractivity contribution in [1.82, 2.24) is 5.32 Å². The summed E-state index contributed by atoms with van der Waals surface area (Å²) >= 11 is 0. The van der Waals surface area contributed by atoms with Crippen LogP contribution in [0, 0.1) is 5.92 Å². The number of ether oxygens (including phenoxy) is 1. The summed E-state index contributed by atoms with van der Waals surface area (Å²) in [5, 5.41) is 2.71. The molecule has 0 fully saturated rings. The molecule has 21 heavy (non-hydrogen) atoms. The van der Waals surface area contributed by atoms with Gasteiger partial charge in [0, 0.05) is 5.56 Å². The number of benzene rings is 1. The molecule has 2 atom stereocenters. The number of aldehydes is 1. The molecular formula is C16H17NO4. The van der Waals surface area contributed by atoms with E-state index in [0.29, 0.717) is 24.0 Å². The first kappa shape index (κ1) is 15.0. The Morgan fingerprint density at radius 2 is 2.05 bits per heavy atom. The van der Waals surface area contributed by atoms with Crippen molar-refractivity contribution in [2.75, 3.05) is 7.11 Å². The lowest BCUT2D eigenvalue weighted by Crippen LogP contribution is -2.46. The van der Waals surface area contributed by atoms with Gasteiger partial charge in [-0.2, -0.15) is 0 Å². The number of methoxy groups -OCH3 is 1. The summed E-state index contributed by atoms with van der Waals surface area (Å²) in [6.07, 6.45) is 3.62. The second kappa shape index (κ2) is 6.83. The zero-order valence-electron chi connectivity index (χ0n) is 11.7. The van der Waals surface area contributed by atoms with E-state index in [4.69, 9.17) is 4.74 Å². The molecule has 0 unspecified atom stereocenters. The Labute approximate surface area is 123 Å². The molecule has 5 heteroatoms. The third-order valence-corrected chi connectivity index (χ3v) is 3.58. The van der Waals surface area contributed by atoms with Crippen LogP contribution in [0.5, 0.6) is 0 Å². The molecule has 1 aromatic rings. The van der Waals surface area contributed by atoms with Gasteiger partial charge in [-0.15, -0.1) is 0 Å². The van der Waals surface area contributed by atoms with E-state index >= 15 is 0 Å². The average Bonchev–Trinajstić information content (AvgIpc) is 3.01. The van der Waals surface area contributed by atoms with Crippen LogP contribution in [-0.2, 0) is 14.3 Å². The molecule has 0 spiro atoms. The predicted molar refractivity (Wildman–Crippen MR) is 76.6 cm³/mol. The number of esters is 1. The molecule has 1 aliphatic carbocycles. The van der Waals surface area contributed by atoms with Crippen LogP contribution in [0.25, 0.3) is 0 Å². The van der Waals surface area contributed by atoms with E-state index in [0.717, 1.165) is 6.29 Å². The Hall–Kier alpha value is -2.43. The van der Waals surface area contributed by atoms with Gasteiger partial charge < -0.3 is 10.1 Å². The lowest BCUT2D eigenvalue weighted by molar-refractivity contribution is -0.144. The molecule has 0 bridgehead atoms. The van der Waals surface area contributed by atoms with Crippen LogP contribution in [0.2, 0.25) is 0 Å². The van der Waals surface area contributed by atoms with Gasteiger partial charge in [0.1, 0.15) is 12.3 Å². The monoisotopic (exact) mass is 287 g/mol. The molecule has 0 radical (unpaired) electrons. The first-order valence-electron chi connectivity index (χ1n) is 6.73. The van der Waals surface area contributed by atoms with E-state index in [-0.39, 0.29) is 11.8 Å². The Balaban J connectivity index is 2.09. The standard InChI is InChI=1S/C16H17NO4/c1-21-16(20)14(13-8-7-11(9-13)10-18)17-15(19)12-5-3-2-4-6-12/h2-7,10,13-14H,8-9H2,1H3,(H,17,19)/t13-,14+/m1/s1. The lowest BCUT2D eigenvalue weighted by Gasteiger charge is -2.22. The number of hydrogen-bond acceptors (Lipinski definition) is 4. The van der Waals surface area contributed by atoms with Crippen LogP contribution < -0.4 is 5.32 Å². The predicted octanol–water partition coefficient (Wildman–Crippen LogP) is 1.49. The number of carbonyl (C=O) groups is 3. The number of hydrogen-bond donors (Lipinski definition) is 1. The quantitative estimate of drug-likeness (QED) is 0.658.